The zero-order valence-electron chi connectivity index (χ0n) is 12.1. The van der Waals surface area contributed by atoms with Crippen molar-refractivity contribution in [3.8, 4) is 0 Å². The number of hydrogen-bond donors (Lipinski definition) is 2. The Kier molecular flexibility index (Phi) is 7.79. The van der Waals surface area contributed by atoms with E-state index < -0.39 is 17.9 Å². The van der Waals surface area contributed by atoms with Crippen molar-refractivity contribution in [2.45, 2.75) is 52.5 Å². The summed E-state index contributed by atoms with van der Waals surface area (Å²) < 4.78 is 0. The number of nitrogens with zero attached hydrogens (tertiary/aromatic N) is 1. The highest BCUT2D eigenvalue weighted by molar-refractivity contribution is 5.94. The minimum absolute atomic E-state index is 0.0365. The maximum atomic E-state index is 11.8. The van der Waals surface area contributed by atoms with Crippen molar-refractivity contribution < 1.29 is 19.5 Å². The van der Waals surface area contributed by atoms with Gasteiger partial charge in [0.25, 0.3) is 0 Å². The number of nitrogens with one attached hydrogen (secondary N) is 1. The number of amides is 3. The number of carbonyl (C=O) groups excluding carboxylic acids is 2. The molecule has 0 radical (unpaired) electrons. The number of carboxylic acids is 1. The van der Waals surface area contributed by atoms with Crippen molar-refractivity contribution in [3.63, 3.8) is 0 Å². The highest BCUT2D eigenvalue weighted by Crippen LogP contribution is 2.08. The smallest absolute Gasteiger partial charge is 0.324 e. The molecule has 0 fully saturated rings. The van der Waals surface area contributed by atoms with Gasteiger partial charge in [0.15, 0.2) is 0 Å². The van der Waals surface area contributed by atoms with Crippen LogP contribution >= 0.6 is 0 Å². The molecule has 3 amide bonds. The largest absolute Gasteiger partial charge is 0.481 e. The van der Waals surface area contributed by atoms with Crippen molar-refractivity contribution in [2.24, 2.45) is 5.92 Å². The molecule has 2 N–H and O–H groups in total. The van der Waals surface area contributed by atoms with Gasteiger partial charge in [-0.2, -0.15) is 0 Å². The number of hydrogen-bond acceptors (Lipinski definition) is 3. The lowest BCUT2D eigenvalue weighted by molar-refractivity contribution is -0.138. The number of imide groups is 1. The van der Waals surface area contributed by atoms with Gasteiger partial charge in [0.1, 0.15) is 0 Å². The van der Waals surface area contributed by atoms with E-state index in [0.29, 0.717) is 0 Å². The zero-order valence-corrected chi connectivity index (χ0v) is 12.1. The van der Waals surface area contributed by atoms with E-state index in [1.54, 1.807) is 14.0 Å². The molecule has 0 spiro atoms. The Bertz CT molecular complexity index is 327. The Morgan fingerprint density at radius 3 is 2.11 bits per heavy atom. The third-order valence-electron chi connectivity index (χ3n) is 3.11. The molecule has 0 aromatic rings. The predicted octanol–water partition coefficient (Wildman–Crippen LogP) is 1.84. The van der Waals surface area contributed by atoms with E-state index in [1.165, 1.54) is 4.90 Å². The summed E-state index contributed by atoms with van der Waals surface area (Å²) in [5, 5.41) is 10.9. The number of carbonyl (C=O) groups is 3. The van der Waals surface area contributed by atoms with Gasteiger partial charge in [0, 0.05) is 25.9 Å². The van der Waals surface area contributed by atoms with Crippen molar-refractivity contribution >= 4 is 17.9 Å². The molecular formula is C13H24N2O4. The van der Waals surface area contributed by atoms with Gasteiger partial charge in [0.2, 0.25) is 5.91 Å². The van der Waals surface area contributed by atoms with Gasteiger partial charge in [-0.1, -0.05) is 20.8 Å². The Labute approximate surface area is 114 Å². The quantitative estimate of drug-likeness (QED) is 0.740. The van der Waals surface area contributed by atoms with Crippen LogP contribution in [0.4, 0.5) is 4.79 Å². The monoisotopic (exact) mass is 272 g/mol. The minimum Gasteiger partial charge on any atom is -0.481 e. The molecule has 1 unspecified atom stereocenters. The first-order valence-electron chi connectivity index (χ1n) is 6.60. The average molecular weight is 272 g/mol. The van der Waals surface area contributed by atoms with Crippen LogP contribution in [0.5, 0.6) is 0 Å². The third-order valence-corrected chi connectivity index (χ3v) is 3.11. The second-order valence-electron chi connectivity index (χ2n) is 4.84. The van der Waals surface area contributed by atoms with E-state index in [0.717, 1.165) is 12.8 Å². The first-order valence-corrected chi connectivity index (χ1v) is 6.60. The van der Waals surface area contributed by atoms with Gasteiger partial charge < -0.3 is 10.0 Å². The van der Waals surface area contributed by atoms with Crippen LogP contribution in [-0.4, -0.2) is 41.0 Å². The van der Waals surface area contributed by atoms with Crippen LogP contribution in [0.3, 0.4) is 0 Å². The van der Waals surface area contributed by atoms with Gasteiger partial charge in [-0.3, -0.25) is 14.9 Å². The molecule has 0 bridgehead atoms. The van der Waals surface area contributed by atoms with Crippen molar-refractivity contribution in [1.29, 1.82) is 0 Å². The summed E-state index contributed by atoms with van der Waals surface area (Å²) in [4.78, 5) is 35.4. The molecule has 0 aliphatic carbocycles. The van der Waals surface area contributed by atoms with E-state index in [2.05, 4.69) is 5.32 Å². The van der Waals surface area contributed by atoms with Crippen LogP contribution in [0.2, 0.25) is 0 Å². The Morgan fingerprint density at radius 2 is 1.68 bits per heavy atom. The zero-order chi connectivity index (χ0) is 15.0. The van der Waals surface area contributed by atoms with Gasteiger partial charge in [-0.25, -0.2) is 4.79 Å². The van der Waals surface area contributed by atoms with Gasteiger partial charge in [-0.05, 0) is 18.8 Å². The maximum absolute atomic E-state index is 11.8. The van der Waals surface area contributed by atoms with Crippen molar-refractivity contribution in [2.75, 3.05) is 7.05 Å². The Balaban J connectivity index is 4.25. The van der Waals surface area contributed by atoms with Gasteiger partial charge in [0.05, 0.1) is 0 Å². The molecule has 0 rings (SSSR count). The second kappa shape index (κ2) is 8.50. The highest BCUT2D eigenvalue weighted by atomic mass is 16.4. The molecule has 6 nitrogen and oxygen atoms in total. The summed E-state index contributed by atoms with van der Waals surface area (Å²) in [5.74, 6) is -1.67. The standard InChI is InChI=1S/C13H24N2O4/c1-5-10(6-2)15(4)13(19)14-11(16)7-9(3)8-12(17)18/h9-10H,5-8H2,1-4H3,(H,17,18)(H,14,16,19). The average Bonchev–Trinajstić information content (AvgIpc) is 2.28. The predicted molar refractivity (Wildman–Crippen MR) is 71.7 cm³/mol. The van der Waals surface area contributed by atoms with Crippen LogP contribution in [0, 0.1) is 5.92 Å². The molecule has 0 saturated heterocycles. The van der Waals surface area contributed by atoms with Crippen LogP contribution in [0.1, 0.15) is 46.5 Å². The fourth-order valence-corrected chi connectivity index (χ4v) is 1.95. The lowest BCUT2D eigenvalue weighted by atomic mass is 10.0. The number of carboxylic acid groups (broad SMARTS) is 1. The minimum atomic E-state index is -0.944. The van der Waals surface area contributed by atoms with E-state index in [9.17, 15) is 14.4 Å². The third kappa shape index (κ3) is 6.79. The highest BCUT2D eigenvalue weighted by Gasteiger charge is 2.20. The van der Waals surface area contributed by atoms with Gasteiger partial charge >= 0.3 is 12.0 Å². The lowest BCUT2D eigenvalue weighted by Crippen LogP contribution is -2.45. The van der Waals surface area contributed by atoms with E-state index in [-0.39, 0.29) is 24.8 Å². The molecule has 0 saturated carbocycles. The second-order valence-corrected chi connectivity index (χ2v) is 4.84. The Morgan fingerprint density at radius 1 is 1.16 bits per heavy atom. The van der Waals surface area contributed by atoms with Crippen molar-refractivity contribution in [1.82, 2.24) is 10.2 Å². The molecule has 0 heterocycles. The topological polar surface area (TPSA) is 86.7 Å². The summed E-state index contributed by atoms with van der Waals surface area (Å²) in [6, 6.07) is -0.328. The van der Waals surface area contributed by atoms with Crippen molar-refractivity contribution in [3.05, 3.63) is 0 Å². The first kappa shape index (κ1) is 17.4. The van der Waals surface area contributed by atoms with Crippen LogP contribution in [0.15, 0.2) is 0 Å². The van der Waals surface area contributed by atoms with Crippen LogP contribution < -0.4 is 5.32 Å². The van der Waals surface area contributed by atoms with E-state index in [1.807, 2.05) is 13.8 Å². The molecule has 1 atom stereocenters. The van der Waals surface area contributed by atoms with Crippen LogP contribution in [-0.2, 0) is 9.59 Å². The Hall–Kier alpha value is -1.59. The SMILES string of the molecule is CCC(CC)N(C)C(=O)NC(=O)CC(C)CC(=O)O. The number of rotatable bonds is 7. The molecular weight excluding hydrogens is 248 g/mol. The summed E-state index contributed by atoms with van der Waals surface area (Å²) in [6.45, 7) is 5.63. The fourth-order valence-electron chi connectivity index (χ4n) is 1.95. The molecule has 0 aromatic heterocycles. The normalized spacial score (nSPS) is 12.1. The van der Waals surface area contributed by atoms with E-state index >= 15 is 0 Å². The molecule has 19 heavy (non-hydrogen) atoms. The number of urea groups is 1. The summed E-state index contributed by atoms with van der Waals surface area (Å²) in [6.07, 6.45) is 1.60. The first-order chi connectivity index (χ1) is 8.81. The molecule has 6 heteroatoms. The van der Waals surface area contributed by atoms with Gasteiger partial charge in [-0.15, -0.1) is 0 Å². The lowest BCUT2D eigenvalue weighted by Gasteiger charge is -2.26. The molecule has 0 aliphatic rings. The summed E-state index contributed by atoms with van der Waals surface area (Å²) in [5.41, 5.74) is 0. The summed E-state index contributed by atoms with van der Waals surface area (Å²) >= 11 is 0. The maximum Gasteiger partial charge on any atom is 0.324 e. The van der Waals surface area contributed by atoms with Crippen LogP contribution in [0.25, 0.3) is 0 Å². The summed E-state index contributed by atoms with van der Waals surface area (Å²) in [7, 11) is 1.65. The molecule has 110 valence electrons. The molecule has 0 aromatic carbocycles. The fraction of sp³-hybridized carbons (Fsp3) is 0.769. The van der Waals surface area contributed by atoms with E-state index in [4.69, 9.17) is 5.11 Å². The molecule has 0 aliphatic heterocycles. The number of aliphatic carboxylic acids is 1.